The molecule has 0 saturated carbocycles. The number of anilines is 1. The fraction of sp³-hybridized carbons (Fsp3) is 0.333. The van der Waals surface area contributed by atoms with Crippen LogP contribution in [0.1, 0.15) is 17.2 Å². The molecule has 118 valence electrons. The molecule has 1 aromatic heterocycles. The van der Waals surface area contributed by atoms with E-state index in [0.29, 0.717) is 28.9 Å². The summed E-state index contributed by atoms with van der Waals surface area (Å²) in [5.74, 6) is 1.42. The normalized spacial score (nSPS) is 10.4. The highest BCUT2D eigenvalue weighted by Gasteiger charge is 2.10. The molecular formula is C15H17ClN2O4. The number of carbonyl (C=O) groups excluding carboxylic acids is 1. The van der Waals surface area contributed by atoms with Gasteiger partial charge in [0.15, 0.2) is 6.61 Å². The van der Waals surface area contributed by atoms with Crippen molar-refractivity contribution in [3.05, 3.63) is 40.6 Å². The molecule has 0 fully saturated rings. The highest BCUT2D eigenvalue weighted by Crippen LogP contribution is 2.31. The van der Waals surface area contributed by atoms with E-state index in [1.54, 1.807) is 18.3 Å². The van der Waals surface area contributed by atoms with Crippen LogP contribution in [0.5, 0.6) is 5.75 Å². The topological polar surface area (TPSA) is 73.6 Å². The van der Waals surface area contributed by atoms with Crippen molar-refractivity contribution in [2.75, 3.05) is 19.0 Å². The Hall–Kier alpha value is -2.21. The van der Waals surface area contributed by atoms with E-state index in [9.17, 15) is 4.79 Å². The van der Waals surface area contributed by atoms with E-state index in [-0.39, 0.29) is 6.61 Å². The molecule has 0 aliphatic carbocycles. The Bertz CT molecular complexity index is 670. The second-order valence-electron chi connectivity index (χ2n) is 4.68. The van der Waals surface area contributed by atoms with Crippen LogP contribution < -0.4 is 10.1 Å². The lowest BCUT2D eigenvalue weighted by Crippen LogP contribution is -2.13. The minimum Gasteiger partial charge on any atom is -0.482 e. The Balaban J connectivity index is 2.08. The van der Waals surface area contributed by atoms with E-state index in [0.717, 1.165) is 11.3 Å². The molecule has 7 heteroatoms. The van der Waals surface area contributed by atoms with Crippen molar-refractivity contribution in [1.29, 1.82) is 0 Å². The quantitative estimate of drug-likeness (QED) is 0.823. The molecule has 0 bridgehead atoms. The Morgan fingerprint density at radius 3 is 2.82 bits per heavy atom. The zero-order chi connectivity index (χ0) is 16.1. The number of halogens is 1. The standard InChI is InChI=1S/C15H17ClN2O4/c1-9-4-11(16)12(5-13(9)21-8-15(19)20-3)17-7-14-18-6-10(2)22-14/h4-6,17H,7-8H2,1-3H3. The first kappa shape index (κ1) is 16.2. The SMILES string of the molecule is COC(=O)COc1cc(NCc2ncc(C)o2)c(Cl)cc1C. The molecule has 0 spiro atoms. The van der Waals surface area contributed by atoms with Crippen LogP contribution in [-0.2, 0) is 16.1 Å². The predicted octanol–water partition coefficient (Wildman–Crippen LogP) is 3.11. The van der Waals surface area contributed by atoms with E-state index in [1.807, 2.05) is 13.8 Å². The highest BCUT2D eigenvalue weighted by atomic mass is 35.5. The monoisotopic (exact) mass is 324 g/mol. The van der Waals surface area contributed by atoms with Gasteiger partial charge in [-0.3, -0.25) is 0 Å². The summed E-state index contributed by atoms with van der Waals surface area (Å²) >= 11 is 6.20. The number of carbonyl (C=O) groups is 1. The molecule has 1 aromatic carbocycles. The molecule has 1 N–H and O–H groups in total. The number of ether oxygens (including phenoxy) is 2. The Morgan fingerprint density at radius 1 is 1.41 bits per heavy atom. The van der Waals surface area contributed by atoms with Gasteiger partial charge in [0, 0.05) is 6.07 Å². The number of aryl methyl sites for hydroxylation is 2. The molecule has 0 atom stereocenters. The van der Waals surface area contributed by atoms with Crippen LogP contribution in [0.15, 0.2) is 22.7 Å². The van der Waals surface area contributed by atoms with Gasteiger partial charge in [-0.1, -0.05) is 11.6 Å². The number of hydrogen-bond donors (Lipinski definition) is 1. The Labute approximate surface area is 133 Å². The van der Waals surface area contributed by atoms with Crippen molar-refractivity contribution in [3.8, 4) is 5.75 Å². The van der Waals surface area contributed by atoms with Crippen LogP contribution in [0.2, 0.25) is 5.02 Å². The van der Waals surface area contributed by atoms with Gasteiger partial charge in [0.25, 0.3) is 0 Å². The van der Waals surface area contributed by atoms with Gasteiger partial charge < -0.3 is 19.2 Å². The van der Waals surface area contributed by atoms with Crippen molar-refractivity contribution < 1.29 is 18.7 Å². The minimum atomic E-state index is -0.445. The second-order valence-corrected chi connectivity index (χ2v) is 5.09. The molecule has 2 rings (SSSR count). The summed E-state index contributed by atoms with van der Waals surface area (Å²) in [5, 5.41) is 3.67. The smallest absolute Gasteiger partial charge is 0.343 e. The number of esters is 1. The number of oxazole rings is 1. The maximum Gasteiger partial charge on any atom is 0.343 e. The summed E-state index contributed by atoms with van der Waals surface area (Å²) in [4.78, 5) is 15.3. The van der Waals surface area contributed by atoms with Crippen LogP contribution in [-0.4, -0.2) is 24.7 Å². The molecule has 22 heavy (non-hydrogen) atoms. The van der Waals surface area contributed by atoms with Crippen molar-refractivity contribution in [1.82, 2.24) is 4.98 Å². The van der Waals surface area contributed by atoms with E-state index in [2.05, 4.69) is 15.0 Å². The first-order valence-electron chi connectivity index (χ1n) is 6.64. The van der Waals surface area contributed by atoms with Gasteiger partial charge in [0.05, 0.1) is 30.6 Å². The molecule has 0 aliphatic rings. The third-order valence-corrected chi connectivity index (χ3v) is 3.25. The third kappa shape index (κ3) is 4.14. The number of methoxy groups -OCH3 is 1. The number of aromatic nitrogens is 1. The molecule has 0 aliphatic heterocycles. The van der Waals surface area contributed by atoms with Gasteiger partial charge in [-0.15, -0.1) is 0 Å². The van der Waals surface area contributed by atoms with E-state index in [1.165, 1.54) is 7.11 Å². The zero-order valence-electron chi connectivity index (χ0n) is 12.6. The average Bonchev–Trinajstić information content (AvgIpc) is 2.90. The van der Waals surface area contributed by atoms with Crippen LogP contribution in [0.4, 0.5) is 5.69 Å². The lowest BCUT2D eigenvalue weighted by molar-refractivity contribution is -0.142. The predicted molar refractivity (Wildman–Crippen MR) is 82.3 cm³/mol. The summed E-state index contributed by atoms with van der Waals surface area (Å²) in [5.41, 5.74) is 1.49. The first-order chi connectivity index (χ1) is 10.5. The largest absolute Gasteiger partial charge is 0.482 e. The summed E-state index contributed by atoms with van der Waals surface area (Å²) in [7, 11) is 1.31. The summed E-state index contributed by atoms with van der Waals surface area (Å²) in [6, 6.07) is 3.49. The van der Waals surface area contributed by atoms with Crippen LogP contribution in [0.25, 0.3) is 0 Å². The number of hydrogen-bond acceptors (Lipinski definition) is 6. The Kier molecular flexibility index (Phi) is 5.27. The van der Waals surface area contributed by atoms with Crippen LogP contribution >= 0.6 is 11.6 Å². The molecule has 0 amide bonds. The minimum absolute atomic E-state index is 0.155. The lowest BCUT2D eigenvalue weighted by Gasteiger charge is -2.13. The number of rotatable bonds is 6. The van der Waals surface area contributed by atoms with Crippen molar-refractivity contribution in [2.45, 2.75) is 20.4 Å². The van der Waals surface area contributed by atoms with Gasteiger partial charge >= 0.3 is 5.97 Å². The highest BCUT2D eigenvalue weighted by molar-refractivity contribution is 6.33. The number of benzene rings is 1. The third-order valence-electron chi connectivity index (χ3n) is 2.94. The van der Waals surface area contributed by atoms with E-state index < -0.39 is 5.97 Å². The molecule has 0 radical (unpaired) electrons. The zero-order valence-corrected chi connectivity index (χ0v) is 13.4. The van der Waals surface area contributed by atoms with Crippen molar-refractivity contribution in [2.24, 2.45) is 0 Å². The molecule has 0 saturated heterocycles. The number of nitrogens with one attached hydrogen (secondary N) is 1. The maximum atomic E-state index is 11.2. The molecular weight excluding hydrogens is 308 g/mol. The van der Waals surface area contributed by atoms with Crippen molar-refractivity contribution >= 4 is 23.3 Å². The van der Waals surface area contributed by atoms with Gasteiger partial charge in [-0.25, -0.2) is 9.78 Å². The molecule has 2 aromatic rings. The average molecular weight is 325 g/mol. The first-order valence-corrected chi connectivity index (χ1v) is 7.02. The van der Waals surface area contributed by atoms with Gasteiger partial charge in [-0.2, -0.15) is 0 Å². The fourth-order valence-electron chi connectivity index (χ4n) is 1.79. The summed E-state index contributed by atoms with van der Waals surface area (Å²) in [6.45, 7) is 3.91. The van der Waals surface area contributed by atoms with Crippen molar-refractivity contribution in [3.63, 3.8) is 0 Å². The molecule has 6 nitrogen and oxygen atoms in total. The number of nitrogens with zero attached hydrogens (tertiary/aromatic N) is 1. The lowest BCUT2D eigenvalue weighted by atomic mass is 10.2. The van der Waals surface area contributed by atoms with Crippen LogP contribution in [0.3, 0.4) is 0 Å². The van der Waals surface area contributed by atoms with Gasteiger partial charge in [0.2, 0.25) is 5.89 Å². The maximum absolute atomic E-state index is 11.2. The molecule has 0 unspecified atom stereocenters. The Morgan fingerprint density at radius 2 is 2.18 bits per heavy atom. The fourth-order valence-corrected chi connectivity index (χ4v) is 2.08. The van der Waals surface area contributed by atoms with E-state index >= 15 is 0 Å². The second kappa shape index (κ2) is 7.17. The van der Waals surface area contributed by atoms with Gasteiger partial charge in [-0.05, 0) is 25.5 Å². The van der Waals surface area contributed by atoms with Crippen LogP contribution in [0, 0.1) is 13.8 Å². The van der Waals surface area contributed by atoms with E-state index in [4.69, 9.17) is 20.8 Å². The molecule has 1 heterocycles. The summed E-state index contributed by atoms with van der Waals surface area (Å²) in [6.07, 6.45) is 1.65. The summed E-state index contributed by atoms with van der Waals surface area (Å²) < 4.78 is 15.4. The van der Waals surface area contributed by atoms with Gasteiger partial charge in [0.1, 0.15) is 11.5 Å².